The number of aliphatic imine (C=N–C) groups is 1. The van der Waals surface area contributed by atoms with Crippen LogP contribution in [-0.4, -0.2) is 34.3 Å². The number of guanidine groups is 1. The van der Waals surface area contributed by atoms with E-state index < -0.39 is 16.4 Å². The molecule has 0 saturated heterocycles. The van der Waals surface area contributed by atoms with Crippen LogP contribution in [0.15, 0.2) is 58.4 Å². The fourth-order valence-corrected chi connectivity index (χ4v) is 3.19. The lowest BCUT2D eigenvalue weighted by molar-refractivity contribution is -0.274. The Kier molecular flexibility index (Phi) is 8.07. The van der Waals surface area contributed by atoms with Crippen LogP contribution in [0.4, 0.5) is 13.2 Å². The zero-order valence-corrected chi connectivity index (χ0v) is 17.3. The number of para-hydroxylation sites is 1. The van der Waals surface area contributed by atoms with Crippen molar-refractivity contribution >= 4 is 16.0 Å². The van der Waals surface area contributed by atoms with Gasteiger partial charge in [0.2, 0.25) is 10.0 Å². The molecule has 0 bridgehead atoms. The van der Waals surface area contributed by atoms with Gasteiger partial charge in [0.05, 0.1) is 11.4 Å². The summed E-state index contributed by atoms with van der Waals surface area (Å²) in [5.41, 5.74) is 1.09. The van der Waals surface area contributed by atoms with Gasteiger partial charge in [0.15, 0.2) is 5.96 Å². The second-order valence-corrected chi connectivity index (χ2v) is 7.94. The van der Waals surface area contributed by atoms with E-state index in [0.717, 1.165) is 5.56 Å². The van der Waals surface area contributed by atoms with Crippen LogP contribution in [0, 0.1) is 0 Å². The monoisotopic (exact) mass is 444 g/mol. The van der Waals surface area contributed by atoms with Crippen LogP contribution in [0.1, 0.15) is 18.1 Å². The number of rotatable bonds is 8. The third-order valence-corrected chi connectivity index (χ3v) is 5.34. The van der Waals surface area contributed by atoms with E-state index >= 15 is 0 Å². The van der Waals surface area contributed by atoms with E-state index in [0.29, 0.717) is 18.1 Å². The Morgan fingerprint density at radius 1 is 1.07 bits per heavy atom. The van der Waals surface area contributed by atoms with Crippen molar-refractivity contribution in [2.45, 2.75) is 31.3 Å². The van der Waals surface area contributed by atoms with Crippen molar-refractivity contribution in [2.75, 3.05) is 13.6 Å². The number of hydrogen-bond donors (Lipinski definition) is 3. The number of benzene rings is 2. The van der Waals surface area contributed by atoms with Gasteiger partial charge in [0, 0.05) is 18.7 Å². The molecule has 7 nitrogen and oxygen atoms in total. The van der Waals surface area contributed by atoms with Gasteiger partial charge in [-0.3, -0.25) is 0 Å². The predicted molar refractivity (Wildman–Crippen MR) is 107 cm³/mol. The predicted octanol–water partition coefficient (Wildman–Crippen LogP) is 2.75. The van der Waals surface area contributed by atoms with Gasteiger partial charge < -0.3 is 15.4 Å². The van der Waals surface area contributed by atoms with Gasteiger partial charge in [-0.15, -0.1) is 13.2 Å². The molecule has 0 amide bonds. The van der Waals surface area contributed by atoms with Crippen LogP contribution in [0.2, 0.25) is 0 Å². The van der Waals surface area contributed by atoms with Crippen LogP contribution < -0.4 is 20.1 Å². The minimum atomic E-state index is -4.78. The summed E-state index contributed by atoms with van der Waals surface area (Å²) in [6.45, 7) is 2.72. The Balaban J connectivity index is 2.07. The Labute approximate surface area is 173 Å². The second kappa shape index (κ2) is 10.3. The summed E-state index contributed by atoms with van der Waals surface area (Å²) in [6.07, 6.45) is -4.78. The van der Waals surface area contributed by atoms with E-state index in [2.05, 4.69) is 25.1 Å². The average Bonchev–Trinajstić information content (AvgIpc) is 2.70. The highest BCUT2D eigenvalue weighted by Gasteiger charge is 2.31. The van der Waals surface area contributed by atoms with Gasteiger partial charge in [-0.25, -0.2) is 18.1 Å². The quantitative estimate of drug-likeness (QED) is 0.430. The molecule has 0 aromatic heterocycles. The minimum Gasteiger partial charge on any atom is -0.405 e. The summed E-state index contributed by atoms with van der Waals surface area (Å²) >= 11 is 0. The Bertz CT molecular complexity index is 962. The van der Waals surface area contributed by atoms with Gasteiger partial charge in [0.25, 0.3) is 0 Å². The number of nitrogens with one attached hydrogen (secondary N) is 3. The maximum absolute atomic E-state index is 12.6. The smallest absolute Gasteiger partial charge is 0.405 e. The first kappa shape index (κ1) is 23.5. The lowest BCUT2D eigenvalue weighted by atomic mass is 10.2. The molecule has 11 heteroatoms. The maximum Gasteiger partial charge on any atom is 0.573 e. The highest BCUT2D eigenvalue weighted by Crippen LogP contribution is 2.26. The molecule has 0 radical (unpaired) electrons. The molecule has 0 aliphatic heterocycles. The van der Waals surface area contributed by atoms with Crippen LogP contribution in [0.5, 0.6) is 5.75 Å². The second-order valence-electron chi connectivity index (χ2n) is 6.06. The highest BCUT2D eigenvalue weighted by molar-refractivity contribution is 7.89. The van der Waals surface area contributed by atoms with Crippen LogP contribution in [-0.2, 0) is 23.1 Å². The molecule has 2 rings (SSSR count). The van der Waals surface area contributed by atoms with Crippen LogP contribution in [0.3, 0.4) is 0 Å². The summed E-state index contributed by atoms with van der Waals surface area (Å²) in [6, 6.07) is 12.1. The van der Waals surface area contributed by atoms with Crippen molar-refractivity contribution in [3.05, 3.63) is 59.7 Å². The van der Waals surface area contributed by atoms with Crippen molar-refractivity contribution in [1.82, 2.24) is 15.4 Å². The van der Waals surface area contributed by atoms with Gasteiger partial charge in [-0.2, -0.15) is 0 Å². The van der Waals surface area contributed by atoms with E-state index in [4.69, 9.17) is 0 Å². The molecule has 0 unspecified atom stereocenters. The number of halogens is 3. The van der Waals surface area contributed by atoms with E-state index in [-0.39, 0.29) is 23.7 Å². The molecule has 2 aromatic rings. The molecular formula is C19H23F3N4O3S. The first-order chi connectivity index (χ1) is 14.1. The molecule has 0 fully saturated rings. The average molecular weight is 444 g/mol. The number of ether oxygens (including phenoxy) is 1. The SMILES string of the molecule is CCNC(=NCc1ccc(S(=O)(=O)NC)cc1)NCc1ccccc1OC(F)(F)F. The lowest BCUT2D eigenvalue weighted by Gasteiger charge is -2.15. The first-order valence-electron chi connectivity index (χ1n) is 9.03. The molecular weight excluding hydrogens is 421 g/mol. The van der Waals surface area contributed by atoms with Crippen LogP contribution in [0.25, 0.3) is 0 Å². The third kappa shape index (κ3) is 7.23. The molecule has 2 aromatic carbocycles. The fourth-order valence-electron chi connectivity index (χ4n) is 2.46. The molecule has 0 aliphatic rings. The molecule has 0 aliphatic carbocycles. The van der Waals surface area contributed by atoms with Crippen molar-refractivity contribution in [2.24, 2.45) is 4.99 Å². The third-order valence-electron chi connectivity index (χ3n) is 3.91. The van der Waals surface area contributed by atoms with Gasteiger partial charge in [-0.05, 0) is 37.7 Å². The Morgan fingerprint density at radius 3 is 2.33 bits per heavy atom. The number of alkyl halides is 3. The van der Waals surface area contributed by atoms with Crippen molar-refractivity contribution < 1.29 is 26.3 Å². The molecule has 3 N–H and O–H groups in total. The topological polar surface area (TPSA) is 91.8 Å². The first-order valence-corrected chi connectivity index (χ1v) is 10.5. The maximum atomic E-state index is 12.6. The molecule has 164 valence electrons. The zero-order valence-electron chi connectivity index (χ0n) is 16.5. The molecule has 0 spiro atoms. The van der Waals surface area contributed by atoms with Crippen LogP contribution >= 0.6 is 0 Å². The normalized spacial score (nSPS) is 12.5. The fraction of sp³-hybridized carbons (Fsp3) is 0.316. The number of sulfonamides is 1. The summed E-state index contributed by atoms with van der Waals surface area (Å²) in [4.78, 5) is 4.52. The lowest BCUT2D eigenvalue weighted by Crippen LogP contribution is -2.37. The van der Waals surface area contributed by atoms with E-state index in [1.807, 2.05) is 6.92 Å². The summed E-state index contributed by atoms with van der Waals surface area (Å²) in [5, 5.41) is 5.97. The zero-order chi connectivity index (χ0) is 22.2. The minimum absolute atomic E-state index is 0.0669. The van der Waals surface area contributed by atoms with E-state index in [1.54, 1.807) is 18.2 Å². The molecule has 0 atom stereocenters. The van der Waals surface area contributed by atoms with Gasteiger partial charge in [-0.1, -0.05) is 30.3 Å². The largest absolute Gasteiger partial charge is 0.573 e. The highest BCUT2D eigenvalue weighted by atomic mass is 32.2. The Hall–Kier alpha value is -2.79. The molecule has 0 heterocycles. The summed E-state index contributed by atoms with van der Waals surface area (Å²) in [5.74, 6) is 0.112. The summed E-state index contributed by atoms with van der Waals surface area (Å²) in [7, 11) is -2.18. The van der Waals surface area contributed by atoms with E-state index in [1.165, 1.54) is 37.4 Å². The van der Waals surface area contributed by atoms with E-state index in [9.17, 15) is 21.6 Å². The van der Waals surface area contributed by atoms with Gasteiger partial charge >= 0.3 is 6.36 Å². The summed E-state index contributed by atoms with van der Waals surface area (Å²) < 4.78 is 67.5. The molecule has 0 saturated carbocycles. The van der Waals surface area contributed by atoms with Crippen molar-refractivity contribution in [3.8, 4) is 5.75 Å². The van der Waals surface area contributed by atoms with Gasteiger partial charge in [0.1, 0.15) is 5.75 Å². The standard InChI is InChI=1S/C19H23F3N4O3S/c1-3-24-18(25-12-14-8-10-16(11-9-14)30(27,28)23-2)26-13-15-6-4-5-7-17(15)29-19(20,21)22/h4-11,23H,3,12-13H2,1-2H3,(H2,24,25,26). The Morgan fingerprint density at radius 2 is 1.73 bits per heavy atom. The number of nitrogens with zero attached hydrogens (tertiary/aromatic N) is 1. The van der Waals surface area contributed by atoms with Crippen molar-refractivity contribution in [1.29, 1.82) is 0 Å². The molecule has 30 heavy (non-hydrogen) atoms. The number of hydrogen-bond acceptors (Lipinski definition) is 4. The van der Waals surface area contributed by atoms with Crippen molar-refractivity contribution in [3.63, 3.8) is 0 Å².